The summed E-state index contributed by atoms with van der Waals surface area (Å²) in [5, 5.41) is 0. The van der Waals surface area contributed by atoms with Crippen LogP contribution in [0.15, 0.2) is 146 Å². The monoisotopic (exact) mass is 963 g/mol. The Morgan fingerprint density at radius 2 is 0.794 bits per heavy atom. The van der Waals surface area contributed by atoms with Gasteiger partial charge in [0.25, 0.3) is 0 Å². The van der Waals surface area contributed by atoms with Crippen molar-refractivity contribution in [2.24, 2.45) is 0 Å². The smallest absolute Gasteiger partial charge is 0.462 e. The summed E-state index contributed by atoms with van der Waals surface area (Å²) in [6, 6.07) is 0. The zero-order chi connectivity index (χ0) is 49.9. The van der Waals surface area contributed by atoms with Gasteiger partial charge in [0, 0.05) is 12.8 Å². The molecule has 0 spiro atoms. The Morgan fingerprint density at radius 3 is 1.15 bits per heavy atom. The van der Waals surface area contributed by atoms with Crippen LogP contribution in [0.1, 0.15) is 155 Å². The molecule has 0 rings (SSSR count). The molecule has 2 atom stereocenters. The fourth-order valence-electron chi connectivity index (χ4n) is 5.96. The molecule has 0 bridgehead atoms. The summed E-state index contributed by atoms with van der Waals surface area (Å²) < 4.78 is 34.3. The average Bonchev–Trinajstić information content (AvgIpc) is 3.30. The lowest BCUT2D eigenvalue weighted by Crippen LogP contribution is -2.37. The van der Waals surface area contributed by atoms with Crippen molar-refractivity contribution in [2.75, 3.05) is 47.5 Å². The Balaban J connectivity index is 4.35. The minimum absolute atomic E-state index is 0.0107. The minimum atomic E-state index is -4.41. The van der Waals surface area contributed by atoms with Crippen LogP contribution in [0.5, 0.6) is 0 Å². The molecule has 9 nitrogen and oxygen atoms in total. The highest BCUT2D eigenvalue weighted by Gasteiger charge is 2.27. The Kier molecular flexibility index (Phi) is 45.0. The highest BCUT2D eigenvalue weighted by Crippen LogP contribution is 2.43. The third-order valence-electron chi connectivity index (χ3n) is 9.86. The number of likely N-dealkylation sites (N-methyl/N-ethyl adjacent to an activating group) is 1. The summed E-state index contributed by atoms with van der Waals surface area (Å²) >= 11 is 0. The maximum atomic E-state index is 12.7. The predicted octanol–water partition coefficient (Wildman–Crippen LogP) is 15.6. The summed E-state index contributed by atoms with van der Waals surface area (Å²) in [5.41, 5.74) is 0. The van der Waals surface area contributed by atoms with Crippen molar-refractivity contribution in [3.63, 3.8) is 0 Å². The largest absolute Gasteiger partial charge is 0.472 e. The van der Waals surface area contributed by atoms with Crippen LogP contribution >= 0.6 is 7.82 Å². The fourth-order valence-corrected chi connectivity index (χ4v) is 6.70. The second-order valence-corrected chi connectivity index (χ2v) is 18.9. The molecule has 0 aliphatic carbocycles. The standard InChI is InChI=1S/C58H92NO8P/c1-6-8-10-12-14-16-18-20-21-22-23-24-25-26-27-28-29-30-31-32-33-34-35-36-37-39-41-43-45-47-49-51-58(61)67-56(55-66-68(62,63)65-53-52-59(3,4)5)54-64-57(60)50-48-46-44-42-40-38-19-17-15-13-11-9-7-2/h8-11,14-17,20-21,23-24,26-27,29-30,32-33,35-36,38-41,56H,6-7,12-13,18-19,22,25,28,31,34,37,42-55H2,1-5H3/p+1/b10-8-,11-9-,16-14-,17-15-,21-20-,24-23-,27-26-,30-29-,33-32-,36-35-,40-38-,41-39-. The van der Waals surface area contributed by atoms with Crippen LogP contribution in [0, 0.1) is 0 Å². The van der Waals surface area contributed by atoms with E-state index in [0.29, 0.717) is 23.9 Å². The first-order valence-corrected chi connectivity index (χ1v) is 27.1. The molecule has 0 saturated heterocycles. The van der Waals surface area contributed by atoms with E-state index in [9.17, 15) is 19.0 Å². The molecule has 0 fully saturated rings. The molecule has 0 amide bonds. The molecule has 0 aliphatic rings. The molecule has 68 heavy (non-hydrogen) atoms. The molecule has 2 unspecified atom stereocenters. The number of allylic oxidation sites excluding steroid dienone is 24. The van der Waals surface area contributed by atoms with Crippen LogP contribution in [0.4, 0.5) is 0 Å². The van der Waals surface area contributed by atoms with Gasteiger partial charge >= 0.3 is 19.8 Å². The first-order valence-electron chi connectivity index (χ1n) is 25.6. The molecule has 10 heteroatoms. The summed E-state index contributed by atoms with van der Waals surface area (Å²) in [7, 11) is 1.41. The first-order chi connectivity index (χ1) is 33.0. The fraction of sp³-hybridized carbons (Fsp3) is 0.552. The van der Waals surface area contributed by atoms with Gasteiger partial charge in [-0.2, -0.15) is 0 Å². The average molecular weight is 963 g/mol. The number of ether oxygens (including phenoxy) is 2. The van der Waals surface area contributed by atoms with Gasteiger partial charge in [0.2, 0.25) is 0 Å². The zero-order valence-electron chi connectivity index (χ0n) is 43.0. The third-order valence-corrected chi connectivity index (χ3v) is 10.8. The molecular weight excluding hydrogens is 870 g/mol. The molecule has 0 aliphatic heterocycles. The molecule has 0 radical (unpaired) electrons. The molecule has 382 valence electrons. The number of hydrogen-bond donors (Lipinski definition) is 1. The highest BCUT2D eigenvalue weighted by atomic mass is 31.2. The van der Waals surface area contributed by atoms with E-state index < -0.39 is 32.5 Å². The summed E-state index contributed by atoms with van der Waals surface area (Å²) in [5.74, 6) is -0.888. The van der Waals surface area contributed by atoms with Crippen molar-refractivity contribution in [1.29, 1.82) is 0 Å². The van der Waals surface area contributed by atoms with Crippen molar-refractivity contribution in [3.05, 3.63) is 146 Å². The van der Waals surface area contributed by atoms with Gasteiger partial charge in [-0.1, -0.05) is 173 Å². The van der Waals surface area contributed by atoms with Gasteiger partial charge in [-0.05, 0) is 116 Å². The van der Waals surface area contributed by atoms with Gasteiger partial charge in [0.1, 0.15) is 19.8 Å². The number of esters is 2. The lowest BCUT2D eigenvalue weighted by Gasteiger charge is -2.24. The summed E-state index contributed by atoms with van der Waals surface area (Å²) in [6.45, 7) is 4.08. The number of carbonyl (C=O) groups excluding carboxylic acids is 2. The maximum Gasteiger partial charge on any atom is 0.472 e. The number of phosphoric acid groups is 1. The van der Waals surface area contributed by atoms with Crippen LogP contribution < -0.4 is 0 Å². The molecule has 0 heterocycles. The van der Waals surface area contributed by atoms with E-state index >= 15 is 0 Å². The highest BCUT2D eigenvalue weighted by molar-refractivity contribution is 7.47. The third kappa shape index (κ3) is 51.3. The Morgan fingerprint density at radius 1 is 0.456 bits per heavy atom. The Labute approximate surface area is 414 Å². The van der Waals surface area contributed by atoms with Crippen molar-refractivity contribution in [1.82, 2.24) is 0 Å². The zero-order valence-corrected chi connectivity index (χ0v) is 43.9. The van der Waals surface area contributed by atoms with Gasteiger partial charge in [-0.3, -0.25) is 18.6 Å². The molecule has 1 N–H and O–H groups in total. The van der Waals surface area contributed by atoms with Gasteiger partial charge in [-0.25, -0.2) is 4.57 Å². The van der Waals surface area contributed by atoms with E-state index in [-0.39, 0.29) is 26.1 Å². The van der Waals surface area contributed by atoms with E-state index in [0.717, 1.165) is 116 Å². The number of phosphoric ester groups is 1. The normalized spacial score (nSPS) is 14.6. The van der Waals surface area contributed by atoms with E-state index in [1.165, 1.54) is 0 Å². The van der Waals surface area contributed by atoms with Crippen LogP contribution in [0.3, 0.4) is 0 Å². The van der Waals surface area contributed by atoms with Gasteiger partial charge in [0.05, 0.1) is 27.7 Å². The van der Waals surface area contributed by atoms with Gasteiger partial charge in [0.15, 0.2) is 6.10 Å². The molecule has 0 saturated carbocycles. The number of quaternary nitrogens is 1. The second-order valence-electron chi connectivity index (χ2n) is 17.4. The lowest BCUT2D eigenvalue weighted by atomic mass is 10.1. The van der Waals surface area contributed by atoms with Crippen LogP contribution in [0.2, 0.25) is 0 Å². The SMILES string of the molecule is CC/C=C\C/C=C\C/C=C\C/C=C\C/C=C\C/C=C\C/C=C\C/C=C\C/C=C\CCCCCC(=O)OC(COC(=O)CCCCC/C=C\C/C=C\C/C=C\CC)COP(=O)(O)OCC[N+](C)(C)C. The molecular formula is C58H93NO8P+. The number of nitrogens with zero attached hydrogens (tertiary/aromatic N) is 1. The quantitative estimate of drug-likeness (QED) is 0.0211. The second kappa shape index (κ2) is 47.9. The first kappa shape index (κ1) is 63.9. The lowest BCUT2D eigenvalue weighted by molar-refractivity contribution is -0.870. The number of rotatable bonds is 44. The van der Waals surface area contributed by atoms with Crippen molar-refractivity contribution in [3.8, 4) is 0 Å². The molecule has 0 aromatic rings. The predicted molar refractivity (Wildman–Crippen MR) is 288 cm³/mol. The van der Waals surface area contributed by atoms with Crippen molar-refractivity contribution in [2.45, 2.75) is 161 Å². The van der Waals surface area contributed by atoms with Crippen molar-refractivity contribution < 1.29 is 42.1 Å². The van der Waals surface area contributed by atoms with E-state index in [2.05, 4.69) is 160 Å². The molecule has 0 aromatic carbocycles. The van der Waals surface area contributed by atoms with E-state index in [1.54, 1.807) is 0 Å². The van der Waals surface area contributed by atoms with Gasteiger partial charge in [-0.15, -0.1) is 0 Å². The van der Waals surface area contributed by atoms with Crippen LogP contribution in [0.25, 0.3) is 0 Å². The van der Waals surface area contributed by atoms with Crippen LogP contribution in [-0.4, -0.2) is 74.9 Å². The van der Waals surface area contributed by atoms with E-state index in [4.69, 9.17) is 18.5 Å². The topological polar surface area (TPSA) is 108 Å². The molecule has 0 aromatic heterocycles. The Hall–Kier alpha value is -4.11. The van der Waals surface area contributed by atoms with Crippen molar-refractivity contribution >= 4 is 19.8 Å². The van der Waals surface area contributed by atoms with E-state index in [1.807, 2.05) is 21.1 Å². The number of carbonyl (C=O) groups is 2. The minimum Gasteiger partial charge on any atom is -0.462 e. The summed E-state index contributed by atoms with van der Waals surface area (Å²) in [6.07, 6.45) is 70.6. The van der Waals surface area contributed by atoms with Crippen LogP contribution in [-0.2, 0) is 32.7 Å². The maximum absolute atomic E-state index is 12.7. The van der Waals surface area contributed by atoms with Gasteiger partial charge < -0.3 is 18.9 Å². The number of hydrogen-bond acceptors (Lipinski definition) is 7. The Bertz CT molecular complexity index is 1650. The number of unbranched alkanes of at least 4 members (excludes halogenated alkanes) is 6. The summed E-state index contributed by atoms with van der Waals surface area (Å²) in [4.78, 5) is 35.5.